The largest absolute Gasteiger partial charge is 0.465 e. The third kappa shape index (κ3) is 5.87. The summed E-state index contributed by atoms with van der Waals surface area (Å²) in [7, 11) is 0. The van der Waals surface area contributed by atoms with Gasteiger partial charge in [-0.3, -0.25) is 9.79 Å². The molecule has 3 aromatic carbocycles. The van der Waals surface area contributed by atoms with Gasteiger partial charge in [-0.25, -0.2) is 4.79 Å². The first-order valence-electron chi connectivity index (χ1n) is 12.0. The van der Waals surface area contributed by atoms with Gasteiger partial charge in [-0.15, -0.1) is 0 Å². The van der Waals surface area contributed by atoms with Crippen LogP contribution in [-0.4, -0.2) is 24.3 Å². The predicted octanol–water partition coefficient (Wildman–Crippen LogP) is 6.02. The molecule has 0 fully saturated rings. The molecule has 0 amide bonds. The van der Waals surface area contributed by atoms with Crippen LogP contribution in [0.5, 0.6) is 0 Å². The molecule has 36 heavy (non-hydrogen) atoms. The highest BCUT2D eigenvalue weighted by Gasteiger charge is 2.42. The number of carbonyl (C=O) groups excluding carboxylic acids is 2. The quantitative estimate of drug-likeness (QED) is 0.371. The van der Waals surface area contributed by atoms with Crippen LogP contribution in [0.2, 0.25) is 0 Å². The Labute approximate surface area is 211 Å². The lowest BCUT2D eigenvalue weighted by molar-refractivity contribution is -0.146. The summed E-state index contributed by atoms with van der Waals surface area (Å²) < 4.78 is 11.2. The summed E-state index contributed by atoms with van der Waals surface area (Å²) >= 11 is 0. The van der Waals surface area contributed by atoms with Gasteiger partial charge in [-0.1, -0.05) is 103 Å². The van der Waals surface area contributed by atoms with E-state index in [1.807, 2.05) is 103 Å². The molecule has 2 atom stereocenters. The predicted molar refractivity (Wildman–Crippen MR) is 141 cm³/mol. The monoisotopic (exact) mass is 479 g/mol. The summed E-state index contributed by atoms with van der Waals surface area (Å²) in [6, 6.07) is 28.8. The van der Waals surface area contributed by atoms with Gasteiger partial charge in [-0.2, -0.15) is 0 Å². The Kier molecular flexibility index (Phi) is 8.24. The number of nitrogens with zero attached hydrogens (tertiary/aromatic N) is 1. The molecule has 2 unspecified atom stereocenters. The number of hydrogen-bond acceptors (Lipinski definition) is 5. The maximum Gasteiger partial charge on any atom is 0.336 e. The van der Waals surface area contributed by atoms with Crippen molar-refractivity contribution in [3.63, 3.8) is 0 Å². The van der Waals surface area contributed by atoms with E-state index in [-0.39, 0.29) is 13.2 Å². The molecule has 1 aliphatic rings. The van der Waals surface area contributed by atoms with Gasteiger partial charge in [0, 0.05) is 11.6 Å². The van der Waals surface area contributed by atoms with Gasteiger partial charge < -0.3 is 9.47 Å². The second-order valence-corrected chi connectivity index (χ2v) is 8.45. The molecule has 0 bridgehead atoms. The van der Waals surface area contributed by atoms with Crippen LogP contribution in [0.1, 0.15) is 30.5 Å². The summed E-state index contributed by atoms with van der Waals surface area (Å²) in [5.41, 5.74) is 4.11. The first-order valence-corrected chi connectivity index (χ1v) is 12.0. The minimum Gasteiger partial charge on any atom is -0.465 e. The SMILES string of the molecule is CCOC(=O)C1C(c2ccccc2)=NC(C)=C(C(=O)OCc2ccccc2)C1/C=C/c1ccccc1. The minimum atomic E-state index is -0.796. The molecule has 5 heteroatoms. The molecule has 0 saturated carbocycles. The van der Waals surface area contributed by atoms with E-state index in [0.717, 1.165) is 16.7 Å². The Morgan fingerprint density at radius 2 is 1.47 bits per heavy atom. The summed E-state index contributed by atoms with van der Waals surface area (Å²) in [6.45, 7) is 3.91. The zero-order valence-electron chi connectivity index (χ0n) is 20.5. The van der Waals surface area contributed by atoms with Gasteiger partial charge in [0.1, 0.15) is 12.5 Å². The van der Waals surface area contributed by atoms with Crippen molar-refractivity contribution in [3.8, 4) is 0 Å². The second-order valence-electron chi connectivity index (χ2n) is 8.45. The Bertz CT molecular complexity index is 1280. The Balaban J connectivity index is 1.78. The van der Waals surface area contributed by atoms with Crippen molar-refractivity contribution < 1.29 is 19.1 Å². The standard InChI is InChI=1S/C31H29NO4/c1-3-35-31(34)28-26(20-19-23-13-7-4-8-14-23)27(30(33)36-21-24-15-9-5-10-16-24)22(2)32-29(28)25-17-11-6-12-18-25/h4-20,26,28H,3,21H2,1-2H3/b20-19+. The van der Waals surface area contributed by atoms with Crippen molar-refractivity contribution in [2.45, 2.75) is 20.5 Å². The molecular formula is C31H29NO4. The third-order valence-electron chi connectivity index (χ3n) is 6.00. The molecule has 0 aromatic heterocycles. The number of rotatable bonds is 8. The van der Waals surface area contributed by atoms with Crippen LogP contribution in [-0.2, 0) is 25.7 Å². The number of allylic oxidation sites excluding steroid dienone is 2. The average molecular weight is 480 g/mol. The van der Waals surface area contributed by atoms with Crippen LogP contribution in [0.25, 0.3) is 6.08 Å². The second kappa shape index (κ2) is 11.9. The summed E-state index contributed by atoms with van der Waals surface area (Å²) in [6.07, 6.45) is 3.81. The third-order valence-corrected chi connectivity index (χ3v) is 6.00. The van der Waals surface area contributed by atoms with E-state index in [1.54, 1.807) is 13.8 Å². The Hall–Kier alpha value is -4.25. The van der Waals surface area contributed by atoms with Crippen LogP contribution in [0.4, 0.5) is 0 Å². The Morgan fingerprint density at radius 3 is 2.11 bits per heavy atom. The molecule has 0 radical (unpaired) electrons. The van der Waals surface area contributed by atoms with E-state index in [9.17, 15) is 9.59 Å². The summed E-state index contributed by atoms with van der Waals surface area (Å²) in [5, 5.41) is 0. The average Bonchev–Trinajstić information content (AvgIpc) is 2.92. The van der Waals surface area contributed by atoms with E-state index in [0.29, 0.717) is 17.0 Å². The fourth-order valence-electron chi connectivity index (χ4n) is 4.30. The van der Waals surface area contributed by atoms with E-state index >= 15 is 0 Å². The van der Waals surface area contributed by atoms with Crippen molar-refractivity contribution in [1.29, 1.82) is 0 Å². The molecule has 0 spiro atoms. The van der Waals surface area contributed by atoms with Crippen molar-refractivity contribution in [2.24, 2.45) is 16.8 Å². The molecule has 0 N–H and O–H groups in total. The van der Waals surface area contributed by atoms with E-state index in [1.165, 1.54) is 0 Å². The zero-order valence-corrected chi connectivity index (χ0v) is 20.5. The van der Waals surface area contributed by atoms with Crippen LogP contribution in [0.15, 0.2) is 113 Å². The highest BCUT2D eigenvalue weighted by atomic mass is 16.5. The molecule has 1 aliphatic heterocycles. The lowest BCUT2D eigenvalue weighted by atomic mass is 9.77. The number of carbonyl (C=O) groups is 2. The summed E-state index contributed by atoms with van der Waals surface area (Å²) in [4.78, 5) is 31.5. The molecule has 3 aromatic rings. The van der Waals surface area contributed by atoms with E-state index in [2.05, 4.69) is 0 Å². The topological polar surface area (TPSA) is 65.0 Å². The van der Waals surface area contributed by atoms with Crippen molar-refractivity contribution >= 4 is 23.7 Å². The van der Waals surface area contributed by atoms with Crippen molar-refractivity contribution in [2.75, 3.05) is 6.61 Å². The van der Waals surface area contributed by atoms with E-state index in [4.69, 9.17) is 14.5 Å². The highest BCUT2D eigenvalue weighted by molar-refractivity contribution is 6.15. The van der Waals surface area contributed by atoms with Crippen LogP contribution in [0.3, 0.4) is 0 Å². The Morgan fingerprint density at radius 1 is 0.861 bits per heavy atom. The van der Waals surface area contributed by atoms with E-state index < -0.39 is 23.8 Å². The highest BCUT2D eigenvalue weighted by Crippen LogP contribution is 2.36. The number of hydrogen-bond donors (Lipinski definition) is 0. The maximum atomic E-state index is 13.4. The lowest BCUT2D eigenvalue weighted by Gasteiger charge is -2.30. The van der Waals surface area contributed by atoms with Crippen molar-refractivity contribution in [3.05, 3.63) is 125 Å². The van der Waals surface area contributed by atoms with Gasteiger partial charge >= 0.3 is 11.9 Å². The fraction of sp³-hybridized carbons (Fsp3) is 0.194. The lowest BCUT2D eigenvalue weighted by Crippen LogP contribution is -2.38. The van der Waals surface area contributed by atoms with Gasteiger partial charge in [0.25, 0.3) is 0 Å². The molecule has 182 valence electrons. The summed E-state index contributed by atoms with van der Waals surface area (Å²) in [5.74, 6) is -2.33. The number of benzene rings is 3. The number of aliphatic imine (C=N–C) groups is 1. The normalized spacial score (nSPS) is 17.6. The maximum absolute atomic E-state index is 13.4. The molecule has 4 rings (SSSR count). The van der Waals surface area contributed by atoms with Gasteiger partial charge in [0.05, 0.1) is 17.9 Å². The first kappa shape index (κ1) is 24.9. The minimum absolute atomic E-state index is 0.130. The number of ether oxygens (including phenoxy) is 2. The van der Waals surface area contributed by atoms with Crippen molar-refractivity contribution in [1.82, 2.24) is 0 Å². The molecule has 5 nitrogen and oxygen atoms in total. The van der Waals surface area contributed by atoms with Gasteiger partial charge in [-0.05, 0) is 30.5 Å². The molecule has 0 saturated heterocycles. The fourth-order valence-corrected chi connectivity index (χ4v) is 4.30. The molecular weight excluding hydrogens is 450 g/mol. The first-order chi connectivity index (χ1) is 17.6. The van der Waals surface area contributed by atoms with Crippen LogP contribution >= 0.6 is 0 Å². The number of esters is 2. The zero-order chi connectivity index (χ0) is 25.3. The van der Waals surface area contributed by atoms with Gasteiger partial charge in [0.15, 0.2) is 0 Å². The van der Waals surface area contributed by atoms with Crippen LogP contribution in [0, 0.1) is 11.8 Å². The molecule has 1 heterocycles. The smallest absolute Gasteiger partial charge is 0.336 e. The van der Waals surface area contributed by atoms with Gasteiger partial charge in [0.2, 0.25) is 0 Å². The molecule has 0 aliphatic carbocycles. The van der Waals surface area contributed by atoms with Crippen LogP contribution < -0.4 is 0 Å².